The maximum absolute atomic E-state index is 6.41. The van der Waals surface area contributed by atoms with Crippen molar-refractivity contribution >= 4 is 11.6 Å². The third kappa shape index (κ3) is 2.45. The van der Waals surface area contributed by atoms with E-state index in [-0.39, 0.29) is 0 Å². The zero-order chi connectivity index (χ0) is 14.2. The molecule has 0 atom stereocenters. The van der Waals surface area contributed by atoms with Gasteiger partial charge in [0.15, 0.2) is 5.82 Å². The highest BCUT2D eigenvalue weighted by molar-refractivity contribution is 6.31. The van der Waals surface area contributed by atoms with E-state index in [4.69, 9.17) is 21.9 Å². The highest BCUT2D eigenvalue weighted by atomic mass is 35.5. The molecule has 0 amide bonds. The molecule has 1 fully saturated rings. The summed E-state index contributed by atoms with van der Waals surface area (Å²) in [6, 6.07) is 5.72. The fourth-order valence-electron chi connectivity index (χ4n) is 2.68. The molecule has 3 rings (SSSR count). The summed E-state index contributed by atoms with van der Waals surface area (Å²) < 4.78 is 5.36. The second-order valence-corrected chi connectivity index (χ2v) is 6.01. The second kappa shape index (κ2) is 5.19. The zero-order valence-corrected chi connectivity index (χ0v) is 12.3. The smallest absolute Gasteiger partial charge is 0.258 e. The molecule has 5 heteroatoms. The van der Waals surface area contributed by atoms with E-state index in [1.165, 1.54) is 6.42 Å². The van der Waals surface area contributed by atoms with Crippen LogP contribution in [0, 0.1) is 6.92 Å². The minimum atomic E-state index is -0.436. The van der Waals surface area contributed by atoms with Crippen LogP contribution in [0.15, 0.2) is 22.7 Å². The average Bonchev–Trinajstić information content (AvgIpc) is 2.93. The molecule has 2 N–H and O–H groups in total. The number of halogens is 1. The predicted octanol–water partition coefficient (Wildman–Crippen LogP) is 3.82. The van der Waals surface area contributed by atoms with E-state index in [1.807, 2.05) is 25.1 Å². The van der Waals surface area contributed by atoms with Gasteiger partial charge in [0.25, 0.3) is 5.89 Å². The van der Waals surface area contributed by atoms with Crippen LogP contribution in [0.25, 0.3) is 11.5 Å². The van der Waals surface area contributed by atoms with Crippen LogP contribution in [0.2, 0.25) is 5.02 Å². The SMILES string of the molecule is Cc1ccc(-c2nc(C3(N)CCCCC3)no2)cc1Cl. The van der Waals surface area contributed by atoms with Gasteiger partial charge in [-0.15, -0.1) is 0 Å². The van der Waals surface area contributed by atoms with Gasteiger partial charge in [0.2, 0.25) is 0 Å². The number of rotatable bonds is 2. The zero-order valence-electron chi connectivity index (χ0n) is 11.5. The van der Waals surface area contributed by atoms with Gasteiger partial charge in [0.1, 0.15) is 0 Å². The van der Waals surface area contributed by atoms with Crippen LogP contribution in [0.3, 0.4) is 0 Å². The topological polar surface area (TPSA) is 64.9 Å². The van der Waals surface area contributed by atoms with E-state index in [9.17, 15) is 0 Å². The molecule has 2 aromatic rings. The highest BCUT2D eigenvalue weighted by Gasteiger charge is 2.34. The van der Waals surface area contributed by atoms with Gasteiger partial charge in [-0.3, -0.25) is 0 Å². The fourth-order valence-corrected chi connectivity index (χ4v) is 2.86. The van der Waals surface area contributed by atoms with Crippen LogP contribution in [-0.2, 0) is 5.54 Å². The Labute approximate surface area is 123 Å². The normalized spacial score (nSPS) is 18.1. The lowest BCUT2D eigenvalue weighted by Crippen LogP contribution is -2.39. The molecular weight excluding hydrogens is 274 g/mol. The van der Waals surface area contributed by atoms with Crippen molar-refractivity contribution in [1.29, 1.82) is 0 Å². The summed E-state index contributed by atoms with van der Waals surface area (Å²) >= 11 is 6.13. The molecule has 1 aromatic carbocycles. The minimum Gasteiger partial charge on any atom is -0.334 e. The molecule has 1 aliphatic carbocycles. The highest BCUT2D eigenvalue weighted by Crippen LogP contribution is 2.34. The minimum absolute atomic E-state index is 0.436. The first-order valence-corrected chi connectivity index (χ1v) is 7.36. The van der Waals surface area contributed by atoms with Gasteiger partial charge in [-0.1, -0.05) is 42.1 Å². The predicted molar refractivity (Wildman–Crippen MR) is 78.4 cm³/mol. The molecule has 0 aliphatic heterocycles. The lowest BCUT2D eigenvalue weighted by atomic mass is 9.82. The molecule has 0 unspecified atom stereocenters. The van der Waals surface area contributed by atoms with Crippen LogP contribution in [-0.4, -0.2) is 10.1 Å². The van der Waals surface area contributed by atoms with Crippen molar-refractivity contribution in [1.82, 2.24) is 10.1 Å². The van der Waals surface area contributed by atoms with Crippen molar-refractivity contribution < 1.29 is 4.52 Å². The van der Waals surface area contributed by atoms with Gasteiger partial charge in [0.05, 0.1) is 5.54 Å². The van der Waals surface area contributed by atoms with Crippen molar-refractivity contribution in [3.8, 4) is 11.5 Å². The van der Waals surface area contributed by atoms with Crippen LogP contribution < -0.4 is 5.73 Å². The molecule has 4 nitrogen and oxygen atoms in total. The maximum atomic E-state index is 6.41. The molecule has 1 aliphatic rings. The molecule has 0 saturated heterocycles. The molecule has 106 valence electrons. The summed E-state index contributed by atoms with van der Waals surface area (Å²) in [5, 5.41) is 4.78. The lowest BCUT2D eigenvalue weighted by Gasteiger charge is -2.29. The van der Waals surface area contributed by atoms with E-state index in [2.05, 4.69) is 10.1 Å². The number of hydrogen-bond acceptors (Lipinski definition) is 4. The Balaban J connectivity index is 1.91. The molecular formula is C15H18ClN3O. The van der Waals surface area contributed by atoms with E-state index < -0.39 is 5.54 Å². The summed E-state index contributed by atoms with van der Waals surface area (Å²) in [5.74, 6) is 1.10. The third-order valence-corrected chi connectivity index (χ3v) is 4.44. The Morgan fingerprint density at radius 1 is 1.25 bits per heavy atom. The first-order valence-electron chi connectivity index (χ1n) is 6.98. The van der Waals surface area contributed by atoms with E-state index >= 15 is 0 Å². The van der Waals surface area contributed by atoms with Crippen LogP contribution in [0.4, 0.5) is 0 Å². The van der Waals surface area contributed by atoms with Crippen molar-refractivity contribution in [3.05, 3.63) is 34.6 Å². The Kier molecular flexibility index (Phi) is 3.52. The summed E-state index contributed by atoms with van der Waals surface area (Å²) in [6.45, 7) is 1.96. The Morgan fingerprint density at radius 2 is 2.00 bits per heavy atom. The second-order valence-electron chi connectivity index (χ2n) is 5.60. The van der Waals surface area contributed by atoms with E-state index in [1.54, 1.807) is 0 Å². The number of hydrogen-bond donors (Lipinski definition) is 1. The molecule has 1 saturated carbocycles. The third-order valence-electron chi connectivity index (χ3n) is 4.04. The summed E-state index contributed by atoms with van der Waals surface area (Å²) in [7, 11) is 0. The number of aromatic nitrogens is 2. The van der Waals surface area contributed by atoms with Crippen molar-refractivity contribution in [3.63, 3.8) is 0 Å². The van der Waals surface area contributed by atoms with E-state index in [0.29, 0.717) is 16.7 Å². The lowest BCUT2D eigenvalue weighted by molar-refractivity contribution is 0.275. The largest absolute Gasteiger partial charge is 0.334 e. The van der Waals surface area contributed by atoms with Crippen LogP contribution in [0.1, 0.15) is 43.5 Å². The molecule has 1 aromatic heterocycles. The molecule has 0 radical (unpaired) electrons. The number of benzene rings is 1. The molecule has 0 bridgehead atoms. The standard InChI is InChI=1S/C15H18ClN3O/c1-10-5-6-11(9-12(10)16)13-18-14(19-20-13)15(17)7-3-2-4-8-15/h5-6,9H,2-4,7-8,17H2,1H3. The van der Waals surface area contributed by atoms with Gasteiger partial charge in [-0.05, 0) is 37.5 Å². The van der Waals surface area contributed by atoms with Gasteiger partial charge in [-0.25, -0.2) is 0 Å². The first kappa shape index (κ1) is 13.6. The van der Waals surface area contributed by atoms with Gasteiger partial charge in [0, 0.05) is 10.6 Å². The Bertz CT molecular complexity index is 617. The van der Waals surface area contributed by atoms with Crippen LogP contribution >= 0.6 is 11.6 Å². The Hall–Kier alpha value is -1.39. The van der Waals surface area contributed by atoms with Gasteiger partial charge >= 0.3 is 0 Å². The first-order chi connectivity index (χ1) is 9.58. The van der Waals surface area contributed by atoms with Crippen LogP contribution in [0.5, 0.6) is 0 Å². The van der Waals surface area contributed by atoms with Crippen molar-refractivity contribution in [2.75, 3.05) is 0 Å². The summed E-state index contributed by atoms with van der Waals surface area (Å²) in [4.78, 5) is 4.49. The van der Waals surface area contributed by atoms with Crippen molar-refractivity contribution in [2.45, 2.75) is 44.6 Å². The molecule has 20 heavy (non-hydrogen) atoms. The Morgan fingerprint density at radius 3 is 2.70 bits per heavy atom. The molecule has 1 heterocycles. The fraction of sp³-hybridized carbons (Fsp3) is 0.467. The number of nitrogens with zero attached hydrogens (tertiary/aromatic N) is 2. The van der Waals surface area contributed by atoms with Gasteiger partial charge in [-0.2, -0.15) is 4.98 Å². The quantitative estimate of drug-likeness (QED) is 0.913. The summed E-state index contributed by atoms with van der Waals surface area (Å²) in [5.41, 5.74) is 7.84. The number of aryl methyl sites for hydroxylation is 1. The van der Waals surface area contributed by atoms with Gasteiger partial charge < -0.3 is 10.3 Å². The average molecular weight is 292 g/mol. The van der Waals surface area contributed by atoms with E-state index in [0.717, 1.165) is 36.8 Å². The van der Waals surface area contributed by atoms with Crippen molar-refractivity contribution in [2.24, 2.45) is 5.73 Å². The maximum Gasteiger partial charge on any atom is 0.258 e. The monoisotopic (exact) mass is 291 g/mol. The summed E-state index contributed by atoms with van der Waals surface area (Å²) in [6.07, 6.45) is 5.31. The molecule has 0 spiro atoms. The number of nitrogens with two attached hydrogens (primary N) is 1.